The molecule has 1 aromatic carbocycles. The zero-order chi connectivity index (χ0) is 17.1. The van der Waals surface area contributed by atoms with E-state index < -0.39 is 0 Å². The van der Waals surface area contributed by atoms with Gasteiger partial charge in [-0.2, -0.15) is 4.98 Å². The smallest absolute Gasteiger partial charge is 0.255 e. The van der Waals surface area contributed by atoms with Crippen LogP contribution in [0.4, 0.5) is 0 Å². The molecule has 0 saturated carbocycles. The second-order valence-electron chi connectivity index (χ2n) is 5.98. The highest BCUT2D eigenvalue weighted by Crippen LogP contribution is 2.22. The summed E-state index contributed by atoms with van der Waals surface area (Å²) in [5.41, 5.74) is 1.45. The van der Waals surface area contributed by atoms with Crippen molar-refractivity contribution in [2.45, 2.75) is 32.8 Å². The highest BCUT2D eigenvalue weighted by Gasteiger charge is 2.26. The lowest BCUT2D eigenvalue weighted by Crippen LogP contribution is -2.42. The minimum absolute atomic E-state index is 0.0206. The van der Waals surface area contributed by atoms with Crippen LogP contribution in [0.25, 0.3) is 0 Å². The Bertz CT molecular complexity index is 723. The summed E-state index contributed by atoms with van der Waals surface area (Å²) in [6.45, 7) is 5.08. The largest absolute Gasteiger partial charge is 0.474 e. The maximum Gasteiger partial charge on any atom is 0.255 e. The standard InChI is InChI=1S/C18H20ClN3O2/c1-12-11-17(21-13(2)20-12)24-14-7-9-22(10-8-14)18(23)15-5-3-4-6-16(15)19/h3-6,11,14H,7-10H2,1-2H3. The number of amides is 1. The highest BCUT2D eigenvalue weighted by atomic mass is 35.5. The van der Waals surface area contributed by atoms with Crippen LogP contribution in [-0.4, -0.2) is 40.0 Å². The van der Waals surface area contributed by atoms with Gasteiger partial charge in [0, 0.05) is 37.7 Å². The molecule has 2 aromatic rings. The molecular formula is C18H20ClN3O2. The SMILES string of the molecule is Cc1cc(OC2CCN(C(=O)c3ccccc3Cl)CC2)nc(C)n1. The second kappa shape index (κ2) is 7.18. The van der Waals surface area contributed by atoms with Crippen molar-refractivity contribution in [3.63, 3.8) is 0 Å². The van der Waals surface area contributed by atoms with Crippen LogP contribution in [0.1, 0.15) is 34.7 Å². The van der Waals surface area contributed by atoms with E-state index in [2.05, 4.69) is 9.97 Å². The van der Waals surface area contributed by atoms with Crippen LogP contribution in [0.3, 0.4) is 0 Å². The molecule has 1 aliphatic heterocycles. The molecule has 3 rings (SSSR count). The summed E-state index contributed by atoms with van der Waals surface area (Å²) in [7, 11) is 0. The Kier molecular flexibility index (Phi) is 5.00. The van der Waals surface area contributed by atoms with E-state index in [-0.39, 0.29) is 12.0 Å². The molecule has 1 aromatic heterocycles. The first-order chi connectivity index (χ1) is 11.5. The minimum atomic E-state index is -0.0206. The number of hydrogen-bond donors (Lipinski definition) is 0. The molecule has 0 unspecified atom stereocenters. The summed E-state index contributed by atoms with van der Waals surface area (Å²) in [6.07, 6.45) is 1.62. The minimum Gasteiger partial charge on any atom is -0.474 e. The summed E-state index contributed by atoms with van der Waals surface area (Å²) >= 11 is 6.12. The average Bonchev–Trinajstić information content (AvgIpc) is 2.54. The number of benzene rings is 1. The van der Waals surface area contributed by atoms with Gasteiger partial charge in [-0.15, -0.1) is 0 Å². The molecule has 0 bridgehead atoms. The van der Waals surface area contributed by atoms with Gasteiger partial charge in [0.05, 0.1) is 10.6 Å². The summed E-state index contributed by atoms with van der Waals surface area (Å²) in [6, 6.07) is 9.00. The molecule has 126 valence electrons. The number of carbonyl (C=O) groups excluding carboxylic acids is 1. The lowest BCUT2D eigenvalue weighted by Gasteiger charge is -2.32. The van der Waals surface area contributed by atoms with E-state index in [1.54, 1.807) is 12.1 Å². The van der Waals surface area contributed by atoms with E-state index in [0.29, 0.717) is 35.4 Å². The molecule has 1 fully saturated rings. The third-order valence-corrected chi connectivity index (χ3v) is 4.39. The molecule has 5 nitrogen and oxygen atoms in total. The van der Waals surface area contributed by atoms with Crippen molar-refractivity contribution in [1.29, 1.82) is 0 Å². The van der Waals surface area contributed by atoms with E-state index >= 15 is 0 Å². The van der Waals surface area contributed by atoms with Crippen LogP contribution in [0.5, 0.6) is 5.88 Å². The lowest BCUT2D eigenvalue weighted by atomic mass is 10.1. The number of likely N-dealkylation sites (tertiary alicyclic amines) is 1. The van der Waals surface area contributed by atoms with Gasteiger partial charge < -0.3 is 9.64 Å². The third-order valence-electron chi connectivity index (χ3n) is 4.06. The number of aromatic nitrogens is 2. The Hall–Kier alpha value is -2.14. The summed E-state index contributed by atoms with van der Waals surface area (Å²) < 4.78 is 5.96. The Balaban J connectivity index is 1.59. The number of hydrogen-bond acceptors (Lipinski definition) is 4. The topological polar surface area (TPSA) is 55.3 Å². The van der Waals surface area contributed by atoms with E-state index in [4.69, 9.17) is 16.3 Å². The van der Waals surface area contributed by atoms with Gasteiger partial charge in [-0.25, -0.2) is 4.98 Å². The van der Waals surface area contributed by atoms with Crippen molar-refractivity contribution in [3.8, 4) is 5.88 Å². The zero-order valence-electron chi connectivity index (χ0n) is 13.8. The van der Waals surface area contributed by atoms with Gasteiger partial charge in [0.25, 0.3) is 5.91 Å². The van der Waals surface area contributed by atoms with Crippen LogP contribution >= 0.6 is 11.6 Å². The number of rotatable bonds is 3. The number of piperidine rings is 1. The summed E-state index contributed by atoms with van der Waals surface area (Å²) in [5, 5.41) is 0.493. The normalized spacial score (nSPS) is 15.4. The van der Waals surface area contributed by atoms with Gasteiger partial charge in [0.15, 0.2) is 0 Å². The molecular weight excluding hydrogens is 326 g/mol. The first-order valence-electron chi connectivity index (χ1n) is 8.05. The molecule has 1 aliphatic rings. The Morgan fingerprint density at radius 3 is 2.58 bits per heavy atom. The molecule has 0 N–H and O–H groups in total. The summed E-state index contributed by atoms with van der Waals surface area (Å²) in [4.78, 5) is 22.9. The molecule has 0 aliphatic carbocycles. The molecule has 0 radical (unpaired) electrons. The predicted molar refractivity (Wildman–Crippen MR) is 92.5 cm³/mol. The molecule has 6 heteroatoms. The van der Waals surface area contributed by atoms with Crippen LogP contribution in [0.2, 0.25) is 5.02 Å². The van der Waals surface area contributed by atoms with Crippen molar-refractivity contribution in [3.05, 3.63) is 52.4 Å². The average molecular weight is 346 g/mol. The summed E-state index contributed by atoms with van der Waals surface area (Å²) in [5.74, 6) is 1.29. The molecule has 1 saturated heterocycles. The van der Waals surface area contributed by atoms with E-state index in [1.165, 1.54) is 0 Å². The van der Waals surface area contributed by atoms with Crippen LogP contribution in [0.15, 0.2) is 30.3 Å². The molecule has 0 atom stereocenters. The fraction of sp³-hybridized carbons (Fsp3) is 0.389. The van der Waals surface area contributed by atoms with Gasteiger partial charge in [-0.05, 0) is 26.0 Å². The zero-order valence-corrected chi connectivity index (χ0v) is 14.6. The van der Waals surface area contributed by atoms with Crippen LogP contribution in [0, 0.1) is 13.8 Å². The van der Waals surface area contributed by atoms with Gasteiger partial charge in [-0.1, -0.05) is 23.7 Å². The molecule has 2 heterocycles. The number of halogens is 1. The Labute approximate surface area is 146 Å². The maximum absolute atomic E-state index is 12.6. The van der Waals surface area contributed by atoms with Crippen molar-refractivity contribution >= 4 is 17.5 Å². The maximum atomic E-state index is 12.6. The third kappa shape index (κ3) is 3.85. The van der Waals surface area contributed by atoms with Gasteiger partial charge in [0.1, 0.15) is 11.9 Å². The van der Waals surface area contributed by atoms with E-state index in [0.717, 1.165) is 18.5 Å². The first-order valence-corrected chi connectivity index (χ1v) is 8.43. The van der Waals surface area contributed by atoms with Gasteiger partial charge in [0.2, 0.25) is 5.88 Å². The van der Waals surface area contributed by atoms with Gasteiger partial charge in [-0.3, -0.25) is 4.79 Å². The number of aryl methyl sites for hydroxylation is 2. The quantitative estimate of drug-likeness (QED) is 0.855. The van der Waals surface area contributed by atoms with Crippen molar-refractivity contribution in [2.24, 2.45) is 0 Å². The van der Waals surface area contributed by atoms with Crippen molar-refractivity contribution in [2.75, 3.05) is 13.1 Å². The van der Waals surface area contributed by atoms with E-state index in [1.807, 2.05) is 36.9 Å². The Morgan fingerprint density at radius 1 is 1.21 bits per heavy atom. The van der Waals surface area contributed by atoms with Gasteiger partial charge >= 0.3 is 0 Å². The molecule has 24 heavy (non-hydrogen) atoms. The van der Waals surface area contributed by atoms with Crippen LogP contribution in [-0.2, 0) is 0 Å². The number of nitrogens with zero attached hydrogens (tertiary/aromatic N) is 3. The highest BCUT2D eigenvalue weighted by molar-refractivity contribution is 6.33. The molecule has 1 amide bonds. The fourth-order valence-electron chi connectivity index (χ4n) is 2.90. The van der Waals surface area contributed by atoms with Crippen molar-refractivity contribution < 1.29 is 9.53 Å². The van der Waals surface area contributed by atoms with Crippen molar-refractivity contribution in [1.82, 2.24) is 14.9 Å². The fourth-order valence-corrected chi connectivity index (χ4v) is 3.11. The lowest BCUT2D eigenvalue weighted by molar-refractivity contribution is 0.0587. The Morgan fingerprint density at radius 2 is 1.92 bits per heavy atom. The van der Waals surface area contributed by atoms with Crippen LogP contribution < -0.4 is 4.74 Å². The monoisotopic (exact) mass is 345 g/mol. The second-order valence-corrected chi connectivity index (χ2v) is 6.39. The first kappa shape index (κ1) is 16.7. The molecule has 0 spiro atoms. The number of carbonyl (C=O) groups is 1. The van der Waals surface area contributed by atoms with E-state index in [9.17, 15) is 4.79 Å². The predicted octanol–water partition coefficient (Wildman–Crippen LogP) is 3.43. The number of ether oxygens (including phenoxy) is 1.